The number of rotatable bonds is 3. The molecule has 0 aliphatic carbocycles. The quantitative estimate of drug-likeness (QED) is 0.882. The number of imide groups is 1. The highest BCUT2D eigenvalue weighted by molar-refractivity contribution is 6.31. The molecule has 0 spiro atoms. The Hall–Kier alpha value is -2.67. The van der Waals surface area contributed by atoms with Crippen molar-refractivity contribution in [1.29, 1.82) is 0 Å². The van der Waals surface area contributed by atoms with E-state index in [9.17, 15) is 14.0 Å². The van der Waals surface area contributed by atoms with Crippen LogP contribution in [0.5, 0.6) is 11.6 Å². The Morgan fingerprint density at radius 3 is 2.69 bits per heavy atom. The number of benzene rings is 1. The second-order valence-corrected chi connectivity index (χ2v) is 6.61. The van der Waals surface area contributed by atoms with Gasteiger partial charge in [-0.25, -0.2) is 14.2 Å². The van der Waals surface area contributed by atoms with E-state index in [1.807, 2.05) is 6.92 Å². The lowest BCUT2D eigenvalue weighted by molar-refractivity contribution is -0.127. The molecule has 6 nitrogen and oxygen atoms in total. The van der Waals surface area contributed by atoms with Crippen molar-refractivity contribution in [2.24, 2.45) is 5.92 Å². The van der Waals surface area contributed by atoms with Crippen molar-refractivity contribution >= 4 is 23.5 Å². The first-order chi connectivity index (χ1) is 12.3. The van der Waals surface area contributed by atoms with Gasteiger partial charge in [0.1, 0.15) is 16.6 Å². The number of ether oxygens (including phenoxy) is 1. The summed E-state index contributed by atoms with van der Waals surface area (Å²) in [5, 5.41) is 2.39. The summed E-state index contributed by atoms with van der Waals surface area (Å²) in [6.45, 7) is 3.63. The van der Waals surface area contributed by atoms with Gasteiger partial charge in [-0.05, 0) is 36.2 Å². The van der Waals surface area contributed by atoms with Crippen molar-refractivity contribution in [2.75, 3.05) is 7.05 Å². The molecule has 2 aromatic rings. The van der Waals surface area contributed by atoms with Gasteiger partial charge in [0.25, 0.3) is 0 Å². The molecule has 26 heavy (non-hydrogen) atoms. The van der Waals surface area contributed by atoms with E-state index in [1.165, 1.54) is 4.90 Å². The summed E-state index contributed by atoms with van der Waals surface area (Å²) < 4.78 is 18.7. The van der Waals surface area contributed by atoms with Crippen LogP contribution in [0.2, 0.25) is 5.02 Å². The van der Waals surface area contributed by atoms with Gasteiger partial charge >= 0.3 is 6.03 Å². The number of carbonyl (C=O) groups excluding carboxylic acids is 2. The van der Waals surface area contributed by atoms with Crippen molar-refractivity contribution < 1.29 is 18.7 Å². The van der Waals surface area contributed by atoms with Crippen LogP contribution in [-0.4, -0.2) is 28.9 Å². The van der Waals surface area contributed by atoms with E-state index >= 15 is 0 Å². The van der Waals surface area contributed by atoms with Crippen LogP contribution in [0.1, 0.15) is 24.1 Å². The zero-order valence-electron chi connectivity index (χ0n) is 14.4. The largest absolute Gasteiger partial charge is 0.438 e. The lowest BCUT2D eigenvalue weighted by Crippen LogP contribution is -2.53. The zero-order chi connectivity index (χ0) is 19.0. The number of hydrogen-bond acceptors (Lipinski definition) is 4. The number of nitrogens with one attached hydrogen (secondary N) is 1. The summed E-state index contributed by atoms with van der Waals surface area (Å²) in [4.78, 5) is 29.2. The Bertz CT molecular complexity index is 870. The van der Waals surface area contributed by atoms with Crippen LogP contribution < -0.4 is 10.1 Å². The summed E-state index contributed by atoms with van der Waals surface area (Å²) in [7, 11) is 1.65. The van der Waals surface area contributed by atoms with Crippen LogP contribution >= 0.6 is 11.6 Å². The van der Waals surface area contributed by atoms with Gasteiger partial charge in [0.2, 0.25) is 11.8 Å². The first kappa shape index (κ1) is 18.1. The van der Waals surface area contributed by atoms with Crippen LogP contribution in [0.25, 0.3) is 0 Å². The van der Waals surface area contributed by atoms with Crippen LogP contribution in [0.15, 0.2) is 30.5 Å². The van der Waals surface area contributed by atoms with Gasteiger partial charge in [-0.3, -0.25) is 10.1 Å². The molecule has 0 saturated carbocycles. The molecule has 136 valence electrons. The minimum absolute atomic E-state index is 0.0645. The van der Waals surface area contributed by atoms with E-state index in [0.717, 1.165) is 23.4 Å². The molecule has 2 unspecified atom stereocenters. The summed E-state index contributed by atoms with van der Waals surface area (Å²) >= 11 is 5.93. The van der Waals surface area contributed by atoms with Crippen LogP contribution in [0.4, 0.5) is 9.18 Å². The van der Waals surface area contributed by atoms with Crippen molar-refractivity contribution in [2.45, 2.75) is 19.9 Å². The zero-order valence-corrected chi connectivity index (χ0v) is 15.2. The van der Waals surface area contributed by atoms with E-state index in [-0.39, 0.29) is 22.9 Å². The average molecular weight is 378 g/mol. The molecule has 1 aliphatic rings. The van der Waals surface area contributed by atoms with Crippen molar-refractivity contribution in [3.63, 3.8) is 0 Å². The molecule has 0 bridgehead atoms. The second kappa shape index (κ2) is 6.92. The number of nitrogens with zero attached hydrogens (tertiary/aromatic N) is 2. The Labute approximate surface area is 154 Å². The SMILES string of the molecule is Cc1cc(Oc2ncc(F)cc2Cl)ccc1C1C(C)C(=O)NC(=O)N1C. The molecule has 3 rings (SSSR count). The fourth-order valence-electron chi connectivity index (χ4n) is 3.02. The first-order valence-electron chi connectivity index (χ1n) is 7.95. The maximum Gasteiger partial charge on any atom is 0.324 e. The fourth-order valence-corrected chi connectivity index (χ4v) is 3.21. The highest BCUT2D eigenvalue weighted by atomic mass is 35.5. The fraction of sp³-hybridized carbons (Fsp3) is 0.278. The molecule has 2 heterocycles. The maximum atomic E-state index is 13.1. The third-order valence-corrected chi connectivity index (χ3v) is 4.67. The molecule has 1 aliphatic heterocycles. The normalized spacial score (nSPS) is 20.1. The van der Waals surface area contributed by atoms with Gasteiger partial charge in [-0.2, -0.15) is 0 Å². The summed E-state index contributed by atoms with van der Waals surface area (Å²) in [5.41, 5.74) is 1.68. The number of amides is 3. The lowest BCUT2D eigenvalue weighted by Gasteiger charge is -2.37. The minimum atomic E-state index is -0.550. The van der Waals surface area contributed by atoms with Gasteiger partial charge in [0.15, 0.2) is 0 Å². The molecule has 8 heteroatoms. The molecule has 1 aromatic heterocycles. The number of hydrogen-bond donors (Lipinski definition) is 1. The average Bonchev–Trinajstić information content (AvgIpc) is 2.57. The molecular formula is C18H17ClFN3O3. The van der Waals surface area contributed by atoms with Crippen molar-refractivity contribution in [1.82, 2.24) is 15.2 Å². The van der Waals surface area contributed by atoms with Gasteiger partial charge in [0, 0.05) is 7.05 Å². The molecule has 1 aromatic carbocycles. The van der Waals surface area contributed by atoms with Gasteiger partial charge in [0.05, 0.1) is 18.2 Å². The molecular weight excluding hydrogens is 361 g/mol. The van der Waals surface area contributed by atoms with Gasteiger partial charge < -0.3 is 9.64 Å². The maximum absolute atomic E-state index is 13.1. The smallest absolute Gasteiger partial charge is 0.324 e. The Morgan fingerprint density at radius 2 is 2.04 bits per heavy atom. The molecule has 1 N–H and O–H groups in total. The molecule has 1 fully saturated rings. The number of pyridine rings is 1. The van der Waals surface area contributed by atoms with E-state index in [4.69, 9.17) is 16.3 Å². The molecule has 3 amide bonds. The Balaban J connectivity index is 1.89. The predicted octanol–water partition coefficient (Wildman–Crippen LogP) is 3.83. The number of urea groups is 1. The van der Waals surface area contributed by atoms with E-state index in [1.54, 1.807) is 32.2 Å². The van der Waals surface area contributed by atoms with Gasteiger partial charge in [-0.1, -0.05) is 24.6 Å². The predicted molar refractivity (Wildman–Crippen MR) is 93.7 cm³/mol. The summed E-state index contributed by atoms with van der Waals surface area (Å²) in [6.07, 6.45) is 1.02. The second-order valence-electron chi connectivity index (χ2n) is 6.20. The third-order valence-electron chi connectivity index (χ3n) is 4.40. The van der Waals surface area contributed by atoms with Gasteiger partial charge in [-0.15, -0.1) is 0 Å². The Morgan fingerprint density at radius 1 is 1.31 bits per heavy atom. The summed E-state index contributed by atoms with van der Waals surface area (Å²) in [5.74, 6) is -0.685. The first-order valence-corrected chi connectivity index (χ1v) is 8.33. The number of halogens is 2. The van der Waals surface area contributed by atoms with Crippen LogP contribution in [0.3, 0.4) is 0 Å². The van der Waals surface area contributed by atoms with E-state index in [2.05, 4.69) is 10.3 Å². The topological polar surface area (TPSA) is 71.5 Å². The third kappa shape index (κ3) is 3.35. The molecule has 0 radical (unpaired) electrons. The summed E-state index contributed by atoms with van der Waals surface area (Å²) in [6, 6.07) is 5.56. The monoisotopic (exact) mass is 377 g/mol. The van der Waals surface area contributed by atoms with E-state index in [0.29, 0.717) is 5.75 Å². The van der Waals surface area contributed by atoms with Crippen molar-refractivity contribution in [3.8, 4) is 11.6 Å². The molecule has 2 atom stereocenters. The number of aromatic nitrogens is 1. The highest BCUT2D eigenvalue weighted by Gasteiger charge is 2.38. The van der Waals surface area contributed by atoms with E-state index < -0.39 is 17.8 Å². The highest BCUT2D eigenvalue weighted by Crippen LogP contribution is 2.35. The standard InChI is InChI=1S/C18H17ClFN3O3/c1-9-6-12(26-17-14(19)7-11(20)8-21-17)4-5-13(9)15-10(2)16(24)22-18(25)23(15)3/h4-8,10,15H,1-3H3,(H,22,24,25). The van der Waals surface area contributed by atoms with Crippen LogP contribution in [0, 0.1) is 18.7 Å². The minimum Gasteiger partial charge on any atom is -0.438 e. The molecule has 1 saturated heterocycles. The number of carbonyl (C=O) groups is 2. The lowest BCUT2D eigenvalue weighted by atomic mass is 9.88. The number of aryl methyl sites for hydroxylation is 1. The Kier molecular flexibility index (Phi) is 4.82. The van der Waals surface area contributed by atoms with Crippen molar-refractivity contribution in [3.05, 3.63) is 52.4 Å². The van der Waals surface area contributed by atoms with Crippen LogP contribution in [-0.2, 0) is 4.79 Å².